The summed E-state index contributed by atoms with van der Waals surface area (Å²) in [5.41, 5.74) is 2.73. The van der Waals surface area contributed by atoms with E-state index in [0.717, 1.165) is 29.7 Å². The number of hydrogen-bond acceptors (Lipinski definition) is 4. The monoisotopic (exact) mass is 338 g/mol. The van der Waals surface area contributed by atoms with Gasteiger partial charge >= 0.3 is 0 Å². The molecule has 3 N–H and O–H groups in total. The van der Waals surface area contributed by atoms with E-state index in [0.29, 0.717) is 11.7 Å². The fraction of sp³-hybridized carbons (Fsp3) is 0.286. The van der Waals surface area contributed by atoms with E-state index >= 15 is 0 Å². The minimum atomic E-state index is -2.05. The van der Waals surface area contributed by atoms with Crippen molar-refractivity contribution in [1.82, 2.24) is 14.7 Å². The van der Waals surface area contributed by atoms with Crippen molar-refractivity contribution >= 4 is 34.4 Å². The number of hydrogen-bond donors (Lipinski definition) is 3. The van der Waals surface area contributed by atoms with Gasteiger partial charge in [0.15, 0.2) is 0 Å². The number of anilines is 2. The van der Waals surface area contributed by atoms with Crippen molar-refractivity contribution < 1.29 is 8.76 Å². The molecule has 1 unspecified atom stereocenters. The maximum Gasteiger partial charge on any atom is 0.232 e. The van der Waals surface area contributed by atoms with Gasteiger partial charge in [0.1, 0.15) is 5.82 Å². The molecule has 1 fully saturated rings. The number of nitrogens with one attached hydrogen (secondary N) is 2. The molecule has 0 amide bonds. The molecule has 1 saturated carbocycles. The second-order valence-corrected chi connectivity index (χ2v) is 6.19. The molecule has 1 aliphatic rings. The van der Waals surface area contributed by atoms with Crippen molar-refractivity contribution in [2.24, 2.45) is 0 Å². The highest BCUT2D eigenvalue weighted by Gasteiger charge is 2.27. The molecule has 1 aromatic heterocycles. The summed E-state index contributed by atoms with van der Waals surface area (Å²) >= 11 is 3.85. The van der Waals surface area contributed by atoms with Crippen molar-refractivity contribution in [2.45, 2.75) is 25.3 Å². The molecule has 116 valence electrons. The van der Waals surface area contributed by atoms with Crippen LogP contribution >= 0.6 is 11.6 Å². The fourth-order valence-electron chi connectivity index (χ4n) is 2.23. The molecule has 0 bridgehead atoms. The number of benzene rings is 1. The van der Waals surface area contributed by atoms with Gasteiger partial charge in [0.2, 0.25) is 16.6 Å². The number of aromatic nitrogens is 2. The molecular formula is C14H15ClN4O2S. The highest BCUT2D eigenvalue weighted by atomic mass is 35.5. The Morgan fingerprint density at radius 3 is 2.86 bits per heavy atom. The lowest BCUT2D eigenvalue weighted by Crippen LogP contribution is -2.16. The molecule has 1 atom stereocenters. The Morgan fingerprint density at radius 2 is 2.14 bits per heavy atom. The fourth-order valence-corrected chi connectivity index (χ4v) is 2.64. The van der Waals surface area contributed by atoms with Gasteiger partial charge in [-0.3, -0.25) is 4.55 Å². The van der Waals surface area contributed by atoms with Crippen LogP contribution in [0.25, 0.3) is 0 Å². The van der Waals surface area contributed by atoms with Gasteiger partial charge in [0.25, 0.3) is 0 Å². The predicted molar refractivity (Wildman–Crippen MR) is 86.4 cm³/mol. The third-order valence-electron chi connectivity index (χ3n) is 3.46. The number of rotatable bonds is 6. The number of para-hydroxylation sites is 1. The molecule has 0 aliphatic heterocycles. The summed E-state index contributed by atoms with van der Waals surface area (Å²) in [5.74, 6) is 1.18. The van der Waals surface area contributed by atoms with Crippen LogP contribution in [0, 0.1) is 0 Å². The molecule has 8 heteroatoms. The summed E-state index contributed by atoms with van der Waals surface area (Å²) in [6, 6.07) is 7.53. The minimum absolute atomic E-state index is 0.193. The first-order valence-corrected chi connectivity index (χ1v) is 8.33. The summed E-state index contributed by atoms with van der Waals surface area (Å²) in [6.45, 7) is 0.268. The van der Waals surface area contributed by atoms with Crippen molar-refractivity contribution in [1.29, 1.82) is 0 Å². The van der Waals surface area contributed by atoms with Gasteiger partial charge in [-0.15, -0.1) is 0 Å². The molecule has 1 aliphatic carbocycles. The molecule has 22 heavy (non-hydrogen) atoms. The Bertz CT molecular complexity index is 709. The van der Waals surface area contributed by atoms with Crippen molar-refractivity contribution in [3.05, 3.63) is 46.9 Å². The zero-order chi connectivity index (χ0) is 15.5. The topological polar surface area (TPSA) is 87.1 Å². The summed E-state index contributed by atoms with van der Waals surface area (Å²) < 4.78 is 22.1. The zero-order valence-corrected chi connectivity index (χ0v) is 13.2. The van der Waals surface area contributed by atoms with Crippen molar-refractivity contribution in [3.8, 4) is 0 Å². The third kappa shape index (κ3) is 3.80. The summed E-state index contributed by atoms with van der Waals surface area (Å²) in [5, 5.41) is 3.46. The van der Waals surface area contributed by atoms with E-state index in [-0.39, 0.29) is 11.8 Å². The van der Waals surface area contributed by atoms with Gasteiger partial charge in [-0.2, -0.15) is 0 Å². The van der Waals surface area contributed by atoms with E-state index in [4.69, 9.17) is 16.2 Å². The Hall–Kier alpha value is -1.54. The molecular weight excluding hydrogens is 324 g/mol. The second kappa shape index (κ2) is 6.70. The standard InChI is InChI=1S/C14H15ClN4O2S/c15-14-16-8-11(9-5-6-9)13(19-14)18-12-4-2-1-3-10(12)7-17-22(20)21/h1-4,8-9,17H,5-7H2,(H,20,21)(H,16,18,19). The lowest BCUT2D eigenvalue weighted by molar-refractivity contribution is 0.549. The van der Waals surface area contributed by atoms with E-state index in [9.17, 15) is 4.21 Å². The van der Waals surface area contributed by atoms with Gasteiger partial charge in [-0.1, -0.05) is 18.2 Å². The molecule has 2 aromatic rings. The van der Waals surface area contributed by atoms with Gasteiger partial charge < -0.3 is 5.32 Å². The lowest BCUT2D eigenvalue weighted by Gasteiger charge is -2.14. The third-order valence-corrected chi connectivity index (χ3v) is 4.03. The first-order valence-electron chi connectivity index (χ1n) is 6.85. The second-order valence-electron chi connectivity index (χ2n) is 5.07. The highest BCUT2D eigenvalue weighted by molar-refractivity contribution is 7.77. The van der Waals surface area contributed by atoms with Crippen LogP contribution in [-0.4, -0.2) is 18.7 Å². The van der Waals surface area contributed by atoms with E-state index in [1.54, 1.807) is 6.20 Å². The molecule has 0 radical (unpaired) electrons. The quantitative estimate of drug-likeness (QED) is 0.556. The summed E-state index contributed by atoms with van der Waals surface area (Å²) in [4.78, 5) is 8.33. The van der Waals surface area contributed by atoms with E-state index < -0.39 is 11.3 Å². The average molecular weight is 339 g/mol. The zero-order valence-electron chi connectivity index (χ0n) is 11.6. The van der Waals surface area contributed by atoms with Gasteiger partial charge in [-0.05, 0) is 42.0 Å². The van der Waals surface area contributed by atoms with Crippen LogP contribution in [0.5, 0.6) is 0 Å². The maximum atomic E-state index is 10.8. The number of nitrogens with zero attached hydrogens (tertiary/aromatic N) is 2. The van der Waals surface area contributed by atoms with E-state index in [1.807, 2.05) is 24.3 Å². The highest BCUT2D eigenvalue weighted by Crippen LogP contribution is 2.43. The Labute approximate surface area is 135 Å². The summed E-state index contributed by atoms with van der Waals surface area (Å²) in [7, 11) is 0. The molecule has 1 heterocycles. The molecule has 3 rings (SSSR count). The molecule has 1 aromatic carbocycles. The first-order chi connectivity index (χ1) is 10.6. The minimum Gasteiger partial charge on any atom is -0.340 e. The van der Waals surface area contributed by atoms with Gasteiger partial charge in [0, 0.05) is 24.0 Å². The van der Waals surface area contributed by atoms with E-state index in [1.165, 1.54) is 0 Å². The summed E-state index contributed by atoms with van der Waals surface area (Å²) in [6.07, 6.45) is 4.03. The Kier molecular flexibility index (Phi) is 4.68. The van der Waals surface area contributed by atoms with Crippen LogP contribution in [-0.2, 0) is 17.8 Å². The van der Waals surface area contributed by atoms with Crippen LogP contribution in [0.3, 0.4) is 0 Å². The first kappa shape index (κ1) is 15.4. The number of halogens is 1. The Balaban J connectivity index is 1.87. The molecule has 0 spiro atoms. The van der Waals surface area contributed by atoms with Crippen LogP contribution in [0.15, 0.2) is 30.5 Å². The molecule has 0 saturated heterocycles. The van der Waals surface area contributed by atoms with Gasteiger partial charge in [-0.25, -0.2) is 18.9 Å². The smallest absolute Gasteiger partial charge is 0.232 e. The van der Waals surface area contributed by atoms with Crippen molar-refractivity contribution in [2.75, 3.05) is 5.32 Å². The van der Waals surface area contributed by atoms with Crippen LogP contribution in [0.4, 0.5) is 11.5 Å². The average Bonchev–Trinajstić information content (AvgIpc) is 3.31. The van der Waals surface area contributed by atoms with Crippen LogP contribution < -0.4 is 10.0 Å². The SMILES string of the molecule is O=S(O)NCc1ccccc1Nc1nc(Cl)ncc1C1CC1. The predicted octanol–water partition coefficient (Wildman–Crippen LogP) is 2.98. The maximum absolute atomic E-state index is 10.8. The van der Waals surface area contributed by atoms with Gasteiger partial charge in [0.05, 0.1) is 0 Å². The normalized spacial score (nSPS) is 15.5. The Morgan fingerprint density at radius 1 is 1.36 bits per heavy atom. The lowest BCUT2D eigenvalue weighted by atomic mass is 10.1. The largest absolute Gasteiger partial charge is 0.340 e. The van der Waals surface area contributed by atoms with Crippen LogP contribution in [0.1, 0.15) is 29.9 Å². The molecule has 6 nitrogen and oxygen atoms in total. The van der Waals surface area contributed by atoms with Crippen molar-refractivity contribution in [3.63, 3.8) is 0 Å². The van der Waals surface area contributed by atoms with E-state index in [2.05, 4.69) is 20.0 Å². The van der Waals surface area contributed by atoms with Crippen LogP contribution in [0.2, 0.25) is 5.28 Å².